The third-order valence-electron chi connectivity index (χ3n) is 2.63. The third-order valence-corrected chi connectivity index (χ3v) is 2.63. The lowest BCUT2D eigenvalue weighted by Gasteiger charge is -2.05. The van der Waals surface area contributed by atoms with Gasteiger partial charge in [0.1, 0.15) is 5.82 Å². The fourth-order valence-electron chi connectivity index (χ4n) is 1.81. The van der Waals surface area contributed by atoms with Crippen LogP contribution in [0.1, 0.15) is 0 Å². The van der Waals surface area contributed by atoms with Crippen molar-refractivity contribution in [3.05, 3.63) is 49.1 Å². The van der Waals surface area contributed by atoms with E-state index in [1.165, 1.54) is 0 Å². The lowest BCUT2D eigenvalue weighted by Crippen LogP contribution is -1.93. The molecule has 2 heterocycles. The molecule has 0 bridgehead atoms. The van der Waals surface area contributed by atoms with Gasteiger partial charge in [-0.25, -0.2) is 4.98 Å². The molecule has 0 saturated carbocycles. The largest absolute Gasteiger partial charge is 0.382 e. The highest BCUT2D eigenvalue weighted by atomic mass is 14.9. The summed E-state index contributed by atoms with van der Waals surface area (Å²) in [4.78, 5) is 12.5. The Kier molecular flexibility index (Phi) is 2.19. The van der Waals surface area contributed by atoms with Crippen molar-refractivity contribution in [2.24, 2.45) is 0 Å². The van der Waals surface area contributed by atoms with E-state index < -0.39 is 0 Å². The monoisotopic (exact) mass is 222 g/mol. The van der Waals surface area contributed by atoms with Crippen molar-refractivity contribution in [2.75, 3.05) is 5.73 Å². The fraction of sp³-hybridized carbons (Fsp3) is 0. The molecule has 0 atom stereocenters. The minimum Gasteiger partial charge on any atom is -0.382 e. The molecule has 0 spiro atoms. The lowest BCUT2D eigenvalue weighted by atomic mass is 10.0. The smallest absolute Gasteiger partial charge is 0.141 e. The second-order valence-electron chi connectivity index (χ2n) is 3.73. The summed E-state index contributed by atoms with van der Waals surface area (Å²) in [5, 5.41) is 2.20. The van der Waals surface area contributed by atoms with E-state index in [1.807, 2.05) is 30.5 Å². The summed E-state index contributed by atoms with van der Waals surface area (Å²) in [6.07, 6.45) is 6.85. The lowest BCUT2D eigenvalue weighted by molar-refractivity contribution is 1.22. The first-order valence-electron chi connectivity index (χ1n) is 5.25. The van der Waals surface area contributed by atoms with Crippen LogP contribution in [0.3, 0.4) is 0 Å². The van der Waals surface area contributed by atoms with Crippen LogP contribution in [0.5, 0.6) is 0 Å². The van der Waals surface area contributed by atoms with Gasteiger partial charge in [-0.2, -0.15) is 0 Å². The van der Waals surface area contributed by atoms with Crippen molar-refractivity contribution in [2.45, 2.75) is 0 Å². The van der Waals surface area contributed by atoms with Crippen LogP contribution in [0.4, 0.5) is 5.82 Å². The summed E-state index contributed by atoms with van der Waals surface area (Å²) in [6, 6.07) is 8.02. The average molecular weight is 222 g/mol. The Morgan fingerprint density at radius 2 is 1.88 bits per heavy atom. The Morgan fingerprint density at radius 3 is 2.71 bits per heavy atom. The first kappa shape index (κ1) is 9.72. The Labute approximate surface area is 98.2 Å². The molecular formula is C13H10N4. The number of aromatic nitrogens is 3. The molecule has 2 N–H and O–H groups in total. The van der Waals surface area contributed by atoms with Gasteiger partial charge in [-0.3, -0.25) is 9.97 Å². The number of hydrogen-bond acceptors (Lipinski definition) is 4. The van der Waals surface area contributed by atoms with E-state index in [2.05, 4.69) is 15.0 Å². The molecule has 4 nitrogen and oxygen atoms in total. The van der Waals surface area contributed by atoms with Crippen molar-refractivity contribution in [1.82, 2.24) is 15.0 Å². The number of rotatable bonds is 1. The normalized spacial score (nSPS) is 10.6. The van der Waals surface area contributed by atoms with Crippen LogP contribution < -0.4 is 5.73 Å². The first-order chi connectivity index (χ1) is 8.34. The number of nitrogen functional groups attached to an aromatic ring is 1. The molecule has 0 aliphatic heterocycles. The Balaban J connectivity index is 2.27. The van der Waals surface area contributed by atoms with Gasteiger partial charge in [0.15, 0.2) is 0 Å². The Bertz CT molecular complexity index is 656. The van der Waals surface area contributed by atoms with Gasteiger partial charge in [0.25, 0.3) is 0 Å². The number of nitrogens with zero attached hydrogens (tertiary/aromatic N) is 3. The number of hydrogen-bond donors (Lipinski definition) is 1. The third kappa shape index (κ3) is 1.69. The maximum absolute atomic E-state index is 5.53. The number of fused-ring (bicyclic) bond motifs is 1. The minimum absolute atomic E-state index is 0.423. The van der Waals surface area contributed by atoms with Crippen molar-refractivity contribution >= 4 is 16.6 Å². The molecule has 0 aliphatic rings. The van der Waals surface area contributed by atoms with Crippen molar-refractivity contribution < 1.29 is 0 Å². The molecule has 0 aliphatic carbocycles. The summed E-state index contributed by atoms with van der Waals surface area (Å²) in [6.45, 7) is 0. The first-order valence-corrected chi connectivity index (χ1v) is 5.25. The zero-order valence-electron chi connectivity index (χ0n) is 9.04. The van der Waals surface area contributed by atoms with Gasteiger partial charge in [-0.05, 0) is 11.5 Å². The molecule has 4 heteroatoms. The van der Waals surface area contributed by atoms with Gasteiger partial charge in [0.05, 0.1) is 18.1 Å². The van der Waals surface area contributed by atoms with Crippen molar-refractivity contribution in [3.8, 4) is 11.3 Å². The average Bonchev–Trinajstić information content (AvgIpc) is 2.39. The van der Waals surface area contributed by atoms with Gasteiger partial charge in [0, 0.05) is 23.3 Å². The number of pyridine rings is 1. The van der Waals surface area contributed by atoms with Gasteiger partial charge in [-0.15, -0.1) is 0 Å². The molecule has 0 fully saturated rings. The molecule has 0 unspecified atom stereocenters. The maximum Gasteiger partial charge on any atom is 0.141 e. The molecule has 1 aromatic carbocycles. The molecule has 82 valence electrons. The van der Waals surface area contributed by atoms with Crippen LogP contribution in [0.25, 0.3) is 22.0 Å². The predicted molar refractivity (Wildman–Crippen MR) is 67.2 cm³/mol. The summed E-state index contributed by atoms with van der Waals surface area (Å²) in [5.74, 6) is 0.423. The van der Waals surface area contributed by atoms with E-state index in [0.29, 0.717) is 5.82 Å². The fourth-order valence-corrected chi connectivity index (χ4v) is 1.81. The second-order valence-corrected chi connectivity index (χ2v) is 3.73. The molecular weight excluding hydrogens is 212 g/mol. The highest BCUT2D eigenvalue weighted by molar-refractivity contribution is 5.94. The molecule has 3 rings (SSSR count). The molecule has 0 amide bonds. The van der Waals surface area contributed by atoms with E-state index in [-0.39, 0.29) is 0 Å². The summed E-state index contributed by atoms with van der Waals surface area (Å²) in [5.41, 5.74) is 7.35. The second kappa shape index (κ2) is 3.83. The van der Waals surface area contributed by atoms with E-state index in [4.69, 9.17) is 5.73 Å². The maximum atomic E-state index is 5.53. The quantitative estimate of drug-likeness (QED) is 0.686. The molecule has 3 aromatic rings. The van der Waals surface area contributed by atoms with Gasteiger partial charge >= 0.3 is 0 Å². The van der Waals surface area contributed by atoms with Crippen LogP contribution in [0, 0.1) is 0 Å². The summed E-state index contributed by atoms with van der Waals surface area (Å²) >= 11 is 0. The highest BCUT2D eigenvalue weighted by Crippen LogP contribution is 2.25. The van der Waals surface area contributed by atoms with E-state index >= 15 is 0 Å². The van der Waals surface area contributed by atoms with Gasteiger partial charge in [0.2, 0.25) is 0 Å². The summed E-state index contributed by atoms with van der Waals surface area (Å²) < 4.78 is 0. The van der Waals surface area contributed by atoms with Crippen LogP contribution in [-0.4, -0.2) is 15.0 Å². The number of anilines is 1. The Morgan fingerprint density at radius 1 is 0.941 bits per heavy atom. The molecule has 17 heavy (non-hydrogen) atoms. The number of nitrogens with two attached hydrogens (primary N) is 1. The SMILES string of the molecule is Nc1cnc(-c2cccc3ccncc23)cn1. The van der Waals surface area contributed by atoms with Crippen LogP contribution in [0.2, 0.25) is 0 Å². The van der Waals surface area contributed by atoms with Crippen molar-refractivity contribution in [3.63, 3.8) is 0 Å². The highest BCUT2D eigenvalue weighted by Gasteiger charge is 2.04. The molecule has 0 saturated heterocycles. The standard InChI is InChI=1S/C13H10N4/c14-13-8-16-12(7-17-13)10-3-1-2-9-4-5-15-6-11(9)10/h1-8H,(H2,14,17). The zero-order chi connectivity index (χ0) is 11.7. The van der Waals surface area contributed by atoms with E-state index in [0.717, 1.165) is 22.0 Å². The van der Waals surface area contributed by atoms with Gasteiger partial charge in [-0.1, -0.05) is 18.2 Å². The topological polar surface area (TPSA) is 64.7 Å². The van der Waals surface area contributed by atoms with Crippen LogP contribution >= 0.6 is 0 Å². The Hall–Kier alpha value is -2.49. The van der Waals surface area contributed by atoms with E-state index in [1.54, 1.807) is 18.6 Å². The number of benzene rings is 1. The zero-order valence-corrected chi connectivity index (χ0v) is 9.04. The minimum atomic E-state index is 0.423. The van der Waals surface area contributed by atoms with E-state index in [9.17, 15) is 0 Å². The van der Waals surface area contributed by atoms with Crippen LogP contribution in [0.15, 0.2) is 49.1 Å². The van der Waals surface area contributed by atoms with Gasteiger partial charge < -0.3 is 5.73 Å². The van der Waals surface area contributed by atoms with Crippen LogP contribution in [-0.2, 0) is 0 Å². The predicted octanol–water partition coefficient (Wildman–Crippen LogP) is 2.27. The summed E-state index contributed by atoms with van der Waals surface area (Å²) in [7, 11) is 0. The van der Waals surface area contributed by atoms with Crippen molar-refractivity contribution in [1.29, 1.82) is 0 Å². The molecule has 0 radical (unpaired) electrons. The molecule has 2 aromatic heterocycles.